The lowest BCUT2D eigenvalue weighted by Gasteiger charge is -2.35. The topological polar surface area (TPSA) is 179 Å². The van der Waals surface area contributed by atoms with Crippen LogP contribution in [-0.4, -0.2) is 103 Å². The molecule has 0 unspecified atom stereocenters. The van der Waals surface area contributed by atoms with Crippen LogP contribution in [0, 0.1) is 13.8 Å². The number of para-hydroxylation sites is 1. The van der Waals surface area contributed by atoms with Gasteiger partial charge in [0.25, 0.3) is 16.0 Å². The molecule has 1 amide bonds. The first kappa shape index (κ1) is 32.5. The molecule has 17 heteroatoms. The first-order chi connectivity index (χ1) is 20.4. The normalized spacial score (nSPS) is 14.8. The van der Waals surface area contributed by atoms with Crippen molar-refractivity contribution in [3.63, 3.8) is 0 Å². The zero-order valence-corrected chi connectivity index (χ0v) is 26.2. The van der Waals surface area contributed by atoms with Crippen LogP contribution in [0.4, 0.5) is 22.5 Å². The zero-order chi connectivity index (χ0) is 31.1. The van der Waals surface area contributed by atoms with Crippen molar-refractivity contribution in [2.24, 2.45) is 0 Å². The molecule has 4 rings (SSSR count). The van der Waals surface area contributed by atoms with E-state index in [2.05, 4.69) is 40.7 Å². The van der Waals surface area contributed by atoms with Crippen LogP contribution >= 0.6 is 22.9 Å². The number of amides is 1. The lowest BCUT2D eigenvalue weighted by molar-refractivity contribution is -0.145. The average Bonchev–Trinajstić information content (AvgIpc) is 3.41. The molecule has 1 atom stereocenters. The minimum Gasteiger partial charge on any atom is -0.463 e. The fourth-order valence-corrected chi connectivity index (χ4v) is 6.06. The Morgan fingerprint density at radius 3 is 2.60 bits per heavy atom. The van der Waals surface area contributed by atoms with Crippen molar-refractivity contribution in [1.82, 2.24) is 25.2 Å². The minimum atomic E-state index is -4.32. The van der Waals surface area contributed by atoms with Gasteiger partial charge in [0.1, 0.15) is 40.7 Å². The molecule has 1 fully saturated rings. The molecule has 0 aliphatic carbocycles. The Kier molecular flexibility index (Phi) is 10.9. The Morgan fingerprint density at radius 1 is 1.19 bits per heavy atom. The van der Waals surface area contributed by atoms with Gasteiger partial charge in [-0.25, -0.2) is 15.0 Å². The molecule has 0 radical (unpaired) electrons. The molecule has 1 aliphatic heterocycles. The van der Waals surface area contributed by atoms with Gasteiger partial charge in [0.15, 0.2) is 5.13 Å². The van der Waals surface area contributed by atoms with Crippen molar-refractivity contribution >= 4 is 67.4 Å². The number of carbonyl (C=O) groups is 2. The molecule has 0 saturated carbocycles. The van der Waals surface area contributed by atoms with Crippen LogP contribution < -0.4 is 20.9 Å². The maximum atomic E-state index is 12.8. The van der Waals surface area contributed by atoms with Gasteiger partial charge in [-0.3, -0.25) is 19.0 Å². The third-order valence-corrected chi connectivity index (χ3v) is 8.59. The highest BCUT2D eigenvalue weighted by molar-refractivity contribution is 7.85. The summed E-state index contributed by atoms with van der Waals surface area (Å²) in [4.78, 5) is 43.0. The van der Waals surface area contributed by atoms with E-state index in [1.54, 1.807) is 13.0 Å². The van der Waals surface area contributed by atoms with Gasteiger partial charge >= 0.3 is 5.97 Å². The van der Waals surface area contributed by atoms with Gasteiger partial charge in [-0.2, -0.15) is 8.42 Å². The standard InChI is InChI=1S/C26H33ClN8O6S2/c1-16-5-4-6-18(27)23(16)33-24(36)20-14-29-26(42-20)32-21-13-22(31-17(2)30-21)35-9-7-34(8-10-35)11-12-41-25(37)19(28-3)15-43(38,39)40/h4-6,13-14,19,28H,7-12,15H2,1-3H3,(H,33,36)(H,38,39,40)(H,29,30,31,32)/t19-/m1/s1. The summed E-state index contributed by atoms with van der Waals surface area (Å²) >= 11 is 7.43. The first-order valence-corrected chi connectivity index (χ1v) is 16.1. The molecule has 0 bridgehead atoms. The SMILES string of the molecule is CN[C@H](CS(=O)(=O)O)C(=O)OCCN1CCN(c2cc(Nc3ncc(C(=O)Nc4c(C)cccc4Cl)s3)nc(C)n2)CC1. The number of carbonyl (C=O) groups excluding carboxylic acids is 2. The number of hydrogen-bond donors (Lipinski definition) is 4. The molecule has 43 heavy (non-hydrogen) atoms. The number of nitrogens with one attached hydrogen (secondary N) is 3. The molecular formula is C26H33ClN8O6S2. The molecule has 3 heterocycles. The lowest BCUT2D eigenvalue weighted by Crippen LogP contribution is -2.48. The van der Waals surface area contributed by atoms with Crippen molar-refractivity contribution in [2.75, 3.05) is 67.7 Å². The summed E-state index contributed by atoms with van der Waals surface area (Å²) in [5, 5.41) is 9.51. The molecule has 3 aromatic rings. The molecule has 1 saturated heterocycles. The molecule has 0 spiro atoms. The summed E-state index contributed by atoms with van der Waals surface area (Å²) in [6, 6.07) is 6.09. The molecule has 2 aromatic heterocycles. The third kappa shape index (κ3) is 9.29. The second-order valence-corrected chi connectivity index (χ2v) is 12.7. The van der Waals surface area contributed by atoms with E-state index >= 15 is 0 Å². The van der Waals surface area contributed by atoms with Gasteiger partial charge in [-0.05, 0) is 32.5 Å². The van der Waals surface area contributed by atoms with Crippen LogP contribution in [0.5, 0.6) is 0 Å². The van der Waals surface area contributed by atoms with Gasteiger partial charge in [0.05, 0.1) is 16.9 Å². The Bertz CT molecular complexity index is 1540. The van der Waals surface area contributed by atoms with Crippen LogP contribution in [0.2, 0.25) is 5.02 Å². The van der Waals surface area contributed by atoms with Gasteiger partial charge in [-0.15, -0.1) is 0 Å². The van der Waals surface area contributed by atoms with E-state index in [0.29, 0.717) is 65.1 Å². The molecule has 1 aliphatic rings. The van der Waals surface area contributed by atoms with Crippen molar-refractivity contribution < 1.29 is 27.3 Å². The summed E-state index contributed by atoms with van der Waals surface area (Å²) in [6.45, 7) is 6.98. The maximum Gasteiger partial charge on any atom is 0.324 e. The second-order valence-electron chi connectivity index (χ2n) is 9.79. The third-order valence-electron chi connectivity index (χ3n) is 6.61. The quantitative estimate of drug-likeness (QED) is 0.166. The van der Waals surface area contributed by atoms with Gasteiger partial charge in [-0.1, -0.05) is 35.1 Å². The highest BCUT2D eigenvalue weighted by Gasteiger charge is 2.25. The van der Waals surface area contributed by atoms with E-state index in [9.17, 15) is 18.0 Å². The number of ether oxygens (including phenoxy) is 1. The van der Waals surface area contributed by atoms with Crippen molar-refractivity contribution in [2.45, 2.75) is 19.9 Å². The number of benzene rings is 1. The molecule has 232 valence electrons. The van der Waals surface area contributed by atoms with Gasteiger partial charge < -0.3 is 25.6 Å². The number of halogens is 1. The number of thiazole rings is 1. The Balaban J connectivity index is 1.29. The van der Waals surface area contributed by atoms with Crippen LogP contribution in [0.3, 0.4) is 0 Å². The van der Waals surface area contributed by atoms with E-state index in [1.807, 2.05) is 25.1 Å². The molecule has 4 N–H and O–H groups in total. The van der Waals surface area contributed by atoms with Gasteiger partial charge in [0.2, 0.25) is 0 Å². The van der Waals surface area contributed by atoms with Crippen LogP contribution in [0.15, 0.2) is 30.5 Å². The summed E-state index contributed by atoms with van der Waals surface area (Å²) in [5.41, 5.74) is 1.42. The predicted molar refractivity (Wildman–Crippen MR) is 165 cm³/mol. The number of anilines is 4. The van der Waals surface area contributed by atoms with E-state index in [0.717, 1.165) is 11.4 Å². The summed E-state index contributed by atoms with van der Waals surface area (Å²) in [6.07, 6.45) is 1.49. The number of aromatic nitrogens is 3. The largest absolute Gasteiger partial charge is 0.463 e. The molecule has 1 aromatic carbocycles. The fraction of sp³-hybridized carbons (Fsp3) is 0.423. The predicted octanol–water partition coefficient (Wildman–Crippen LogP) is 2.34. The molecular weight excluding hydrogens is 620 g/mol. The summed E-state index contributed by atoms with van der Waals surface area (Å²) in [5.74, 6) is 0.0595. The number of rotatable bonds is 12. The maximum absolute atomic E-state index is 12.8. The average molecular weight is 653 g/mol. The molecule has 14 nitrogen and oxygen atoms in total. The Labute approximate surface area is 258 Å². The smallest absolute Gasteiger partial charge is 0.324 e. The summed E-state index contributed by atoms with van der Waals surface area (Å²) in [7, 11) is -2.90. The highest BCUT2D eigenvalue weighted by atomic mass is 35.5. The number of aryl methyl sites for hydroxylation is 2. The van der Waals surface area contributed by atoms with E-state index in [-0.39, 0.29) is 12.5 Å². The minimum absolute atomic E-state index is 0.0923. The lowest BCUT2D eigenvalue weighted by atomic mass is 10.2. The van der Waals surface area contributed by atoms with Crippen molar-refractivity contribution in [1.29, 1.82) is 0 Å². The number of hydrogen-bond acceptors (Lipinski definition) is 13. The monoisotopic (exact) mass is 652 g/mol. The van der Waals surface area contributed by atoms with Crippen LogP contribution in [-0.2, 0) is 19.6 Å². The Hall–Kier alpha value is -3.41. The number of esters is 1. The second kappa shape index (κ2) is 14.4. The van der Waals surface area contributed by atoms with E-state index in [4.69, 9.17) is 20.9 Å². The van der Waals surface area contributed by atoms with E-state index < -0.39 is 27.9 Å². The van der Waals surface area contributed by atoms with Crippen LogP contribution in [0.1, 0.15) is 21.1 Å². The van der Waals surface area contributed by atoms with E-state index in [1.165, 1.54) is 24.6 Å². The number of likely N-dealkylation sites (N-methyl/N-ethyl adjacent to an activating group) is 1. The Morgan fingerprint density at radius 2 is 1.93 bits per heavy atom. The fourth-order valence-electron chi connectivity index (χ4n) is 4.35. The highest BCUT2D eigenvalue weighted by Crippen LogP contribution is 2.28. The van der Waals surface area contributed by atoms with Crippen LogP contribution in [0.25, 0.3) is 0 Å². The first-order valence-electron chi connectivity index (χ1n) is 13.3. The number of nitrogens with zero attached hydrogens (tertiary/aromatic N) is 5. The summed E-state index contributed by atoms with van der Waals surface area (Å²) < 4.78 is 36.3. The zero-order valence-electron chi connectivity index (χ0n) is 23.8. The van der Waals surface area contributed by atoms with Crippen molar-refractivity contribution in [3.8, 4) is 0 Å². The van der Waals surface area contributed by atoms with Gasteiger partial charge in [0, 0.05) is 38.8 Å². The van der Waals surface area contributed by atoms with Crippen molar-refractivity contribution in [3.05, 3.63) is 51.7 Å². The number of piperazine rings is 1.